The lowest BCUT2D eigenvalue weighted by Gasteiger charge is -2.23. The molecule has 0 spiro atoms. The Bertz CT molecular complexity index is 754. The summed E-state index contributed by atoms with van der Waals surface area (Å²) in [6, 6.07) is 5.90. The van der Waals surface area contributed by atoms with E-state index in [-0.39, 0.29) is 11.4 Å². The van der Waals surface area contributed by atoms with Crippen LogP contribution in [0.5, 0.6) is 0 Å². The normalized spacial score (nSPS) is 12.7. The molecule has 6 heteroatoms. The molecule has 0 saturated carbocycles. The molecule has 0 radical (unpaired) electrons. The molecule has 0 saturated heterocycles. The van der Waals surface area contributed by atoms with Crippen LogP contribution in [0.2, 0.25) is 0 Å². The second-order valence-corrected chi connectivity index (χ2v) is 8.27. The topological polar surface area (TPSA) is 60.3 Å². The van der Waals surface area contributed by atoms with Gasteiger partial charge in [-0.1, -0.05) is 6.07 Å². The molecule has 0 aliphatic heterocycles. The number of hydrogen-bond donors (Lipinski definition) is 1. The second-order valence-electron chi connectivity index (χ2n) is 7.24. The van der Waals surface area contributed by atoms with Crippen LogP contribution in [0.1, 0.15) is 54.3 Å². The third kappa shape index (κ3) is 4.95. The quantitative estimate of drug-likeness (QED) is 0.826. The second kappa shape index (κ2) is 7.44. The summed E-state index contributed by atoms with van der Waals surface area (Å²) in [5.41, 5.74) is 1.97. The van der Waals surface area contributed by atoms with E-state index in [1.54, 1.807) is 18.3 Å². The largest absolute Gasteiger partial charge is 0.449 e. The van der Waals surface area contributed by atoms with Gasteiger partial charge in [0.15, 0.2) is 6.10 Å². The number of carbonyl (C=O) groups excluding carboxylic acids is 2. The molecule has 136 valence electrons. The van der Waals surface area contributed by atoms with E-state index in [9.17, 15) is 9.59 Å². The van der Waals surface area contributed by atoms with Crippen LogP contribution < -0.4 is 5.32 Å². The Morgan fingerprint density at radius 3 is 2.56 bits per heavy atom. The fraction of sp³-hybridized carbons (Fsp3) is 0.474. The predicted molar refractivity (Wildman–Crippen MR) is 100 cm³/mol. The van der Waals surface area contributed by atoms with Crippen molar-refractivity contribution in [3.8, 4) is 0 Å². The average Bonchev–Trinajstić information content (AvgIpc) is 3.09. The minimum absolute atomic E-state index is 0.298. The first-order chi connectivity index (χ1) is 11.6. The van der Waals surface area contributed by atoms with E-state index < -0.39 is 12.1 Å². The fourth-order valence-electron chi connectivity index (χ4n) is 2.56. The van der Waals surface area contributed by atoms with Gasteiger partial charge in [0.25, 0.3) is 5.91 Å². The van der Waals surface area contributed by atoms with Gasteiger partial charge in [0.2, 0.25) is 0 Å². The van der Waals surface area contributed by atoms with Gasteiger partial charge < -0.3 is 14.6 Å². The fourth-order valence-corrected chi connectivity index (χ4v) is 3.25. The highest BCUT2D eigenvalue weighted by atomic mass is 32.1. The molecule has 2 aromatic heterocycles. The highest BCUT2D eigenvalue weighted by Crippen LogP contribution is 2.20. The molecule has 1 amide bonds. The maximum atomic E-state index is 12.5. The van der Waals surface area contributed by atoms with Gasteiger partial charge in [-0.25, -0.2) is 4.79 Å². The smallest absolute Gasteiger partial charge is 0.340 e. The molecule has 0 aromatic carbocycles. The molecule has 2 rings (SSSR count). The van der Waals surface area contributed by atoms with Crippen LogP contribution in [0, 0.1) is 13.8 Å². The number of nitrogens with one attached hydrogen (secondary N) is 1. The molecule has 0 fully saturated rings. The van der Waals surface area contributed by atoms with E-state index in [0.717, 1.165) is 17.9 Å². The van der Waals surface area contributed by atoms with Crippen LogP contribution in [0.4, 0.5) is 0 Å². The van der Waals surface area contributed by atoms with E-state index in [2.05, 4.69) is 16.0 Å². The molecular weight excluding hydrogens is 336 g/mol. The van der Waals surface area contributed by atoms with Crippen molar-refractivity contribution >= 4 is 23.2 Å². The molecule has 0 unspecified atom stereocenters. The standard InChI is InChI=1S/C19H26N2O3S/c1-12-10-16(13(2)21(12)11-15-8-7-9-25-15)18(23)24-14(3)17(22)20-19(4,5)6/h7-10,14H,11H2,1-6H3,(H,20,22)/t14-/m0/s1. The Morgan fingerprint density at radius 1 is 1.32 bits per heavy atom. The van der Waals surface area contributed by atoms with E-state index in [1.165, 1.54) is 4.88 Å². The molecule has 1 N–H and O–H groups in total. The van der Waals surface area contributed by atoms with Crippen molar-refractivity contribution in [2.75, 3.05) is 0 Å². The molecular formula is C19H26N2O3S. The van der Waals surface area contributed by atoms with E-state index in [4.69, 9.17) is 4.74 Å². The molecule has 0 bridgehead atoms. The van der Waals surface area contributed by atoms with Crippen molar-refractivity contribution in [2.45, 2.75) is 59.7 Å². The summed E-state index contributed by atoms with van der Waals surface area (Å²) in [6.45, 7) is 11.8. The number of carbonyl (C=O) groups is 2. The van der Waals surface area contributed by atoms with Gasteiger partial charge in [-0.05, 0) is 59.1 Å². The van der Waals surface area contributed by atoms with Gasteiger partial charge in [0.1, 0.15) is 0 Å². The number of thiophene rings is 1. The molecule has 2 heterocycles. The number of esters is 1. The minimum Gasteiger partial charge on any atom is -0.449 e. The Labute approximate surface area is 153 Å². The molecule has 1 atom stereocenters. The van der Waals surface area contributed by atoms with E-state index >= 15 is 0 Å². The third-order valence-corrected chi connectivity index (χ3v) is 4.70. The lowest BCUT2D eigenvalue weighted by atomic mass is 10.1. The average molecular weight is 362 g/mol. The highest BCUT2D eigenvalue weighted by Gasteiger charge is 2.25. The first-order valence-corrected chi connectivity index (χ1v) is 9.18. The van der Waals surface area contributed by atoms with Crippen molar-refractivity contribution in [2.24, 2.45) is 0 Å². The van der Waals surface area contributed by atoms with Crippen LogP contribution >= 0.6 is 11.3 Å². The number of rotatable bonds is 5. The van der Waals surface area contributed by atoms with Gasteiger partial charge in [-0.15, -0.1) is 11.3 Å². The molecule has 2 aromatic rings. The number of aryl methyl sites for hydroxylation is 1. The molecule has 5 nitrogen and oxygen atoms in total. The Balaban J connectivity index is 2.11. The third-order valence-electron chi connectivity index (χ3n) is 3.84. The first kappa shape index (κ1) is 19.2. The highest BCUT2D eigenvalue weighted by molar-refractivity contribution is 7.09. The summed E-state index contributed by atoms with van der Waals surface area (Å²) in [6.07, 6.45) is -0.841. The zero-order valence-electron chi connectivity index (χ0n) is 15.7. The first-order valence-electron chi connectivity index (χ1n) is 8.30. The Hall–Kier alpha value is -2.08. The SMILES string of the molecule is Cc1cc(C(=O)O[C@@H](C)C(=O)NC(C)(C)C)c(C)n1Cc1cccs1. The van der Waals surface area contributed by atoms with Crippen LogP contribution in [0.3, 0.4) is 0 Å². The van der Waals surface area contributed by atoms with E-state index in [1.807, 2.05) is 52.1 Å². The summed E-state index contributed by atoms with van der Waals surface area (Å²) in [5.74, 6) is -0.768. The Kier molecular flexibility index (Phi) is 5.72. The maximum absolute atomic E-state index is 12.5. The zero-order valence-corrected chi connectivity index (χ0v) is 16.5. The van der Waals surface area contributed by atoms with Crippen molar-refractivity contribution in [1.29, 1.82) is 0 Å². The van der Waals surface area contributed by atoms with Crippen LogP contribution in [0.25, 0.3) is 0 Å². The number of aromatic nitrogens is 1. The zero-order chi connectivity index (χ0) is 18.8. The Morgan fingerprint density at radius 2 is 2.00 bits per heavy atom. The van der Waals surface area contributed by atoms with Gasteiger partial charge in [-0.2, -0.15) is 0 Å². The van der Waals surface area contributed by atoms with Gasteiger partial charge >= 0.3 is 5.97 Å². The van der Waals surface area contributed by atoms with E-state index in [0.29, 0.717) is 5.56 Å². The lowest BCUT2D eigenvalue weighted by molar-refractivity contribution is -0.130. The summed E-state index contributed by atoms with van der Waals surface area (Å²) < 4.78 is 7.45. The van der Waals surface area contributed by atoms with Crippen molar-refractivity contribution < 1.29 is 14.3 Å². The molecule has 0 aliphatic rings. The van der Waals surface area contributed by atoms with Crippen LogP contribution in [-0.2, 0) is 16.1 Å². The monoisotopic (exact) mass is 362 g/mol. The summed E-state index contributed by atoms with van der Waals surface area (Å²) >= 11 is 1.68. The number of amides is 1. The van der Waals surface area contributed by atoms with Crippen molar-refractivity contribution in [1.82, 2.24) is 9.88 Å². The summed E-state index contributed by atoms with van der Waals surface area (Å²) in [5, 5.41) is 4.85. The van der Waals surface area contributed by atoms with Crippen molar-refractivity contribution in [3.05, 3.63) is 45.4 Å². The molecule has 0 aliphatic carbocycles. The summed E-state index contributed by atoms with van der Waals surface area (Å²) in [7, 11) is 0. The molecule has 25 heavy (non-hydrogen) atoms. The predicted octanol–water partition coefficient (Wildman–Crippen LogP) is 3.67. The number of hydrogen-bond acceptors (Lipinski definition) is 4. The minimum atomic E-state index is -0.841. The lowest BCUT2D eigenvalue weighted by Crippen LogP contribution is -2.46. The van der Waals surface area contributed by atoms with Gasteiger partial charge in [0, 0.05) is 21.8 Å². The van der Waals surface area contributed by atoms with Gasteiger partial charge in [-0.3, -0.25) is 4.79 Å². The number of ether oxygens (including phenoxy) is 1. The maximum Gasteiger partial charge on any atom is 0.340 e. The van der Waals surface area contributed by atoms with Crippen LogP contribution in [-0.4, -0.2) is 28.1 Å². The van der Waals surface area contributed by atoms with Crippen molar-refractivity contribution in [3.63, 3.8) is 0 Å². The summed E-state index contributed by atoms with van der Waals surface area (Å²) in [4.78, 5) is 25.8. The number of nitrogens with zero attached hydrogens (tertiary/aromatic N) is 1. The van der Waals surface area contributed by atoms with Gasteiger partial charge in [0.05, 0.1) is 12.1 Å². The van der Waals surface area contributed by atoms with Crippen LogP contribution in [0.15, 0.2) is 23.6 Å².